The molecule has 0 spiro atoms. The lowest BCUT2D eigenvalue weighted by Gasteiger charge is -2.15. The number of anilines is 1. The number of hydrogen-bond acceptors (Lipinski definition) is 3. The molecule has 0 saturated heterocycles. The molecule has 0 bridgehead atoms. The van der Waals surface area contributed by atoms with Gasteiger partial charge in [-0.25, -0.2) is 0 Å². The van der Waals surface area contributed by atoms with E-state index in [2.05, 4.69) is 27.9 Å². The number of carbonyl (C=O) groups is 1. The summed E-state index contributed by atoms with van der Waals surface area (Å²) in [5.74, 6) is 1.01. The SMILES string of the molecule is CCOc1cc(C(=O)Nc2cccc(Cl)c2C)cc(I)c1OCC. The molecule has 24 heavy (non-hydrogen) atoms. The second-order valence-corrected chi connectivity index (χ2v) is 6.59. The molecular formula is C18H19ClINO3. The molecule has 4 nitrogen and oxygen atoms in total. The van der Waals surface area contributed by atoms with Crippen molar-refractivity contribution in [1.82, 2.24) is 0 Å². The standard InChI is InChI=1S/C18H19ClINO3/c1-4-23-16-10-12(9-14(20)17(16)24-5-2)18(22)21-15-8-6-7-13(19)11(15)3/h6-10H,4-5H2,1-3H3,(H,21,22). The predicted octanol–water partition coefficient (Wildman–Crippen LogP) is 5.30. The van der Waals surface area contributed by atoms with Gasteiger partial charge in [-0.2, -0.15) is 0 Å². The molecular weight excluding hydrogens is 441 g/mol. The first-order valence-electron chi connectivity index (χ1n) is 7.63. The molecule has 0 aliphatic carbocycles. The third-order valence-corrected chi connectivity index (χ3v) is 4.59. The van der Waals surface area contributed by atoms with Crippen molar-refractivity contribution >= 4 is 45.8 Å². The molecule has 0 atom stereocenters. The van der Waals surface area contributed by atoms with E-state index >= 15 is 0 Å². The van der Waals surface area contributed by atoms with Crippen LogP contribution in [0.1, 0.15) is 29.8 Å². The van der Waals surface area contributed by atoms with Crippen molar-refractivity contribution in [3.63, 3.8) is 0 Å². The Morgan fingerprint density at radius 1 is 1.21 bits per heavy atom. The summed E-state index contributed by atoms with van der Waals surface area (Å²) in [5.41, 5.74) is 2.03. The Balaban J connectivity index is 2.33. The predicted molar refractivity (Wildman–Crippen MR) is 106 cm³/mol. The Morgan fingerprint density at radius 2 is 1.92 bits per heavy atom. The topological polar surface area (TPSA) is 47.6 Å². The van der Waals surface area contributed by atoms with Gasteiger partial charge in [0.2, 0.25) is 0 Å². The van der Waals surface area contributed by atoms with E-state index in [9.17, 15) is 4.79 Å². The summed E-state index contributed by atoms with van der Waals surface area (Å²) in [4.78, 5) is 12.6. The maximum atomic E-state index is 12.6. The van der Waals surface area contributed by atoms with Crippen LogP contribution in [0.2, 0.25) is 5.02 Å². The van der Waals surface area contributed by atoms with Gasteiger partial charge in [-0.1, -0.05) is 17.7 Å². The van der Waals surface area contributed by atoms with E-state index in [4.69, 9.17) is 21.1 Å². The fraction of sp³-hybridized carbons (Fsp3) is 0.278. The van der Waals surface area contributed by atoms with Gasteiger partial charge in [-0.05, 0) is 73.2 Å². The average Bonchev–Trinajstić information content (AvgIpc) is 2.55. The molecule has 0 aliphatic heterocycles. The average molecular weight is 460 g/mol. The molecule has 0 fully saturated rings. The van der Waals surface area contributed by atoms with Crippen LogP contribution in [0.25, 0.3) is 0 Å². The summed E-state index contributed by atoms with van der Waals surface area (Å²) in [5, 5.41) is 3.51. The molecule has 0 saturated carbocycles. The molecule has 0 heterocycles. The first-order chi connectivity index (χ1) is 11.5. The smallest absolute Gasteiger partial charge is 0.255 e. The monoisotopic (exact) mass is 459 g/mol. The number of carbonyl (C=O) groups excluding carboxylic acids is 1. The number of rotatable bonds is 6. The lowest BCUT2D eigenvalue weighted by atomic mass is 10.1. The van der Waals surface area contributed by atoms with Gasteiger partial charge >= 0.3 is 0 Å². The lowest BCUT2D eigenvalue weighted by molar-refractivity contribution is 0.102. The van der Waals surface area contributed by atoms with Crippen molar-refractivity contribution < 1.29 is 14.3 Å². The van der Waals surface area contributed by atoms with E-state index in [1.165, 1.54) is 0 Å². The maximum Gasteiger partial charge on any atom is 0.255 e. The normalized spacial score (nSPS) is 10.4. The van der Waals surface area contributed by atoms with Crippen LogP contribution < -0.4 is 14.8 Å². The van der Waals surface area contributed by atoms with Gasteiger partial charge in [0, 0.05) is 16.3 Å². The number of halogens is 2. The van der Waals surface area contributed by atoms with Crippen molar-refractivity contribution in [2.24, 2.45) is 0 Å². The van der Waals surface area contributed by atoms with Gasteiger partial charge in [-0.3, -0.25) is 4.79 Å². The number of benzene rings is 2. The van der Waals surface area contributed by atoms with E-state index in [1.54, 1.807) is 24.3 Å². The highest BCUT2D eigenvalue weighted by molar-refractivity contribution is 14.1. The maximum absolute atomic E-state index is 12.6. The minimum atomic E-state index is -0.220. The fourth-order valence-corrected chi connectivity index (χ4v) is 3.12. The molecule has 2 aromatic rings. The number of hydrogen-bond donors (Lipinski definition) is 1. The zero-order valence-electron chi connectivity index (χ0n) is 13.8. The summed E-state index contributed by atoms with van der Waals surface area (Å²) in [7, 11) is 0. The highest BCUT2D eigenvalue weighted by Crippen LogP contribution is 2.34. The molecule has 128 valence electrons. The minimum absolute atomic E-state index is 0.220. The van der Waals surface area contributed by atoms with E-state index in [0.717, 1.165) is 9.13 Å². The quantitative estimate of drug-likeness (QED) is 0.596. The zero-order chi connectivity index (χ0) is 17.7. The first kappa shape index (κ1) is 18.9. The van der Waals surface area contributed by atoms with Crippen molar-refractivity contribution in [1.29, 1.82) is 0 Å². The van der Waals surface area contributed by atoms with Crippen LogP contribution in [0.3, 0.4) is 0 Å². The van der Waals surface area contributed by atoms with Gasteiger partial charge in [0.05, 0.1) is 16.8 Å². The van der Waals surface area contributed by atoms with E-state index in [-0.39, 0.29) is 5.91 Å². The van der Waals surface area contributed by atoms with Crippen LogP contribution >= 0.6 is 34.2 Å². The summed E-state index contributed by atoms with van der Waals surface area (Å²) in [6.07, 6.45) is 0. The Bertz CT molecular complexity index is 749. The van der Waals surface area contributed by atoms with Gasteiger partial charge in [0.15, 0.2) is 11.5 Å². The molecule has 6 heteroatoms. The number of nitrogens with one attached hydrogen (secondary N) is 1. The van der Waals surface area contributed by atoms with Crippen LogP contribution in [-0.2, 0) is 0 Å². The highest BCUT2D eigenvalue weighted by Gasteiger charge is 2.16. The van der Waals surface area contributed by atoms with Crippen LogP contribution in [0.4, 0.5) is 5.69 Å². The largest absolute Gasteiger partial charge is 0.490 e. The zero-order valence-corrected chi connectivity index (χ0v) is 16.7. The first-order valence-corrected chi connectivity index (χ1v) is 9.09. The molecule has 2 aromatic carbocycles. The summed E-state index contributed by atoms with van der Waals surface area (Å²) >= 11 is 8.25. The van der Waals surface area contributed by atoms with Crippen molar-refractivity contribution in [3.05, 3.63) is 50.1 Å². The lowest BCUT2D eigenvalue weighted by Crippen LogP contribution is -2.14. The van der Waals surface area contributed by atoms with Crippen LogP contribution in [0.5, 0.6) is 11.5 Å². The van der Waals surface area contributed by atoms with Crippen LogP contribution in [-0.4, -0.2) is 19.1 Å². The third kappa shape index (κ3) is 4.33. The minimum Gasteiger partial charge on any atom is -0.490 e. The van der Waals surface area contributed by atoms with E-state index in [0.29, 0.717) is 41.0 Å². The van der Waals surface area contributed by atoms with Crippen molar-refractivity contribution in [2.75, 3.05) is 18.5 Å². The molecule has 2 rings (SSSR count). The Hall–Kier alpha value is -1.47. The van der Waals surface area contributed by atoms with Gasteiger partial charge in [0.25, 0.3) is 5.91 Å². The summed E-state index contributed by atoms with van der Waals surface area (Å²) in [6, 6.07) is 8.90. The van der Waals surface area contributed by atoms with Crippen LogP contribution in [0.15, 0.2) is 30.3 Å². The van der Waals surface area contributed by atoms with Crippen molar-refractivity contribution in [3.8, 4) is 11.5 Å². The molecule has 0 aromatic heterocycles. The summed E-state index contributed by atoms with van der Waals surface area (Å²) < 4.78 is 12.1. The Labute approximate surface area is 160 Å². The van der Waals surface area contributed by atoms with Gasteiger partial charge in [0.1, 0.15) is 0 Å². The molecule has 1 N–H and O–H groups in total. The fourth-order valence-electron chi connectivity index (χ4n) is 2.18. The van der Waals surface area contributed by atoms with E-state index < -0.39 is 0 Å². The van der Waals surface area contributed by atoms with Crippen LogP contribution in [0, 0.1) is 10.5 Å². The second-order valence-electron chi connectivity index (χ2n) is 5.02. The summed E-state index contributed by atoms with van der Waals surface area (Å²) in [6.45, 7) is 6.70. The molecule has 0 radical (unpaired) electrons. The van der Waals surface area contributed by atoms with E-state index in [1.807, 2.05) is 26.8 Å². The third-order valence-electron chi connectivity index (χ3n) is 3.38. The van der Waals surface area contributed by atoms with Crippen molar-refractivity contribution in [2.45, 2.75) is 20.8 Å². The molecule has 0 unspecified atom stereocenters. The second kappa shape index (κ2) is 8.58. The molecule has 1 amide bonds. The Kier molecular flexibility index (Phi) is 6.74. The number of ether oxygens (including phenoxy) is 2. The highest BCUT2D eigenvalue weighted by atomic mass is 127. The van der Waals surface area contributed by atoms with Gasteiger partial charge < -0.3 is 14.8 Å². The Morgan fingerprint density at radius 3 is 2.58 bits per heavy atom. The van der Waals surface area contributed by atoms with Gasteiger partial charge in [-0.15, -0.1) is 0 Å². The number of amides is 1. The molecule has 0 aliphatic rings.